The standard InChI is InChI=1S/C24H22F3N3O4/c1-15-7-8-16(2)18(9-15)14-34-23-21(30(31)32)10-17(11-22(23)33-3)13-28-29-20-6-4-5-19(12-20)24(25,26)27/h4-13,29H,14H2,1-3H3. The first-order chi connectivity index (χ1) is 16.1. The summed E-state index contributed by atoms with van der Waals surface area (Å²) in [6.45, 7) is 3.96. The molecule has 0 aromatic heterocycles. The van der Waals surface area contributed by atoms with Crippen LogP contribution >= 0.6 is 0 Å². The second-order valence-electron chi connectivity index (χ2n) is 7.50. The second kappa shape index (κ2) is 10.2. The Bertz CT molecular complexity index is 1230. The Kier molecular flexibility index (Phi) is 7.40. The van der Waals surface area contributed by atoms with E-state index in [9.17, 15) is 23.3 Å². The van der Waals surface area contributed by atoms with Crippen molar-refractivity contribution in [1.29, 1.82) is 0 Å². The number of ether oxygens (including phenoxy) is 2. The molecule has 0 spiro atoms. The van der Waals surface area contributed by atoms with Crippen molar-refractivity contribution in [2.75, 3.05) is 12.5 Å². The Balaban J connectivity index is 1.84. The van der Waals surface area contributed by atoms with Crippen LogP contribution in [0.3, 0.4) is 0 Å². The first kappa shape index (κ1) is 24.6. The zero-order valence-electron chi connectivity index (χ0n) is 18.6. The molecular formula is C24H22F3N3O4. The molecule has 7 nitrogen and oxygen atoms in total. The van der Waals surface area contributed by atoms with Crippen molar-refractivity contribution in [1.82, 2.24) is 0 Å². The highest BCUT2D eigenvalue weighted by molar-refractivity contribution is 5.83. The van der Waals surface area contributed by atoms with Crippen LogP contribution in [0.2, 0.25) is 0 Å². The van der Waals surface area contributed by atoms with E-state index < -0.39 is 16.7 Å². The molecular weight excluding hydrogens is 451 g/mol. The monoisotopic (exact) mass is 473 g/mol. The number of benzene rings is 3. The van der Waals surface area contributed by atoms with Crippen LogP contribution in [0.1, 0.15) is 27.8 Å². The molecule has 0 aliphatic heterocycles. The molecule has 0 aliphatic carbocycles. The maximum absolute atomic E-state index is 12.9. The zero-order chi connectivity index (χ0) is 24.9. The summed E-state index contributed by atoms with van der Waals surface area (Å²) in [6, 6.07) is 13.1. The predicted octanol–water partition coefficient (Wildman–Crippen LogP) is 6.26. The molecule has 0 saturated carbocycles. The fraction of sp³-hybridized carbons (Fsp3) is 0.208. The van der Waals surface area contributed by atoms with Gasteiger partial charge in [0.2, 0.25) is 5.75 Å². The summed E-state index contributed by atoms with van der Waals surface area (Å²) in [6.07, 6.45) is -3.24. The number of nitro groups is 1. The van der Waals surface area contributed by atoms with Gasteiger partial charge in [-0.1, -0.05) is 29.8 Å². The normalized spacial score (nSPS) is 11.5. The SMILES string of the molecule is COc1cc(C=NNc2cccc(C(F)(F)F)c2)cc([N+](=O)[O-])c1OCc1cc(C)ccc1C. The lowest BCUT2D eigenvalue weighted by molar-refractivity contribution is -0.386. The maximum atomic E-state index is 12.9. The fourth-order valence-electron chi connectivity index (χ4n) is 3.17. The number of anilines is 1. The molecule has 34 heavy (non-hydrogen) atoms. The van der Waals surface area contributed by atoms with E-state index in [-0.39, 0.29) is 29.5 Å². The minimum absolute atomic E-state index is 0.0311. The van der Waals surface area contributed by atoms with Crippen LogP contribution in [0.4, 0.5) is 24.5 Å². The largest absolute Gasteiger partial charge is 0.493 e. The molecule has 10 heteroatoms. The Morgan fingerprint density at radius 2 is 1.88 bits per heavy atom. The Morgan fingerprint density at radius 1 is 1.12 bits per heavy atom. The van der Waals surface area contributed by atoms with Crippen LogP contribution in [-0.4, -0.2) is 18.2 Å². The quantitative estimate of drug-likeness (QED) is 0.237. The number of aryl methyl sites for hydroxylation is 2. The van der Waals surface area contributed by atoms with E-state index in [1.54, 1.807) is 0 Å². The summed E-state index contributed by atoms with van der Waals surface area (Å²) < 4.78 is 49.6. The molecule has 0 heterocycles. The van der Waals surface area contributed by atoms with Gasteiger partial charge in [0.1, 0.15) is 6.61 Å². The van der Waals surface area contributed by atoms with E-state index in [1.165, 1.54) is 37.6 Å². The second-order valence-corrected chi connectivity index (χ2v) is 7.50. The predicted molar refractivity (Wildman–Crippen MR) is 123 cm³/mol. The van der Waals surface area contributed by atoms with Crippen molar-refractivity contribution in [3.05, 3.63) is 92.5 Å². The fourth-order valence-corrected chi connectivity index (χ4v) is 3.17. The molecule has 0 saturated heterocycles. The highest BCUT2D eigenvalue weighted by Gasteiger charge is 2.30. The van der Waals surface area contributed by atoms with Gasteiger partial charge in [0.05, 0.1) is 29.5 Å². The topological polar surface area (TPSA) is 86.0 Å². The number of nitrogens with zero attached hydrogens (tertiary/aromatic N) is 2. The van der Waals surface area contributed by atoms with Gasteiger partial charge >= 0.3 is 11.9 Å². The highest BCUT2D eigenvalue weighted by Crippen LogP contribution is 2.38. The lowest BCUT2D eigenvalue weighted by Crippen LogP contribution is -2.05. The van der Waals surface area contributed by atoms with Crippen LogP contribution in [0.15, 0.2) is 59.7 Å². The van der Waals surface area contributed by atoms with Gasteiger partial charge in [0.15, 0.2) is 5.75 Å². The third-order valence-electron chi connectivity index (χ3n) is 4.95. The lowest BCUT2D eigenvalue weighted by atomic mass is 10.1. The number of hydrazone groups is 1. The number of nitro benzene ring substituents is 1. The van der Waals surface area contributed by atoms with Crippen molar-refractivity contribution < 1.29 is 27.6 Å². The van der Waals surface area contributed by atoms with Crippen molar-refractivity contribution in [3.63, 3.8) is 0 Å². The Morgan fingerprint density at radius 3 is 2.56 bits per heavy atom. The number of hydrogen-bond donors (Lipinski definition) is 1. The molecule has 0 amide bonds. The van der Waals surface area contributed by atoms with E-state index in [1.807, 2.05) is 32.0 Å². The third kappa shape index (κ3) is 6.03. The molecule has 3 aromatic carbocycles. The number of nitrogens with one attached hydrogen (secondary N) is 1. The highest BCUT2D eigenvalue weighted by atomic mass is 19.4. The van der Waals surface area contributed by atoms with Crippen molar-refractivity contribution in [2.45, 2.75) is 26.6 Å². The van der Waals surface area contributed by atoms with Crippen molar-refractivity contribution in [2.24, 2.45) is 5.10 Å². The van der Waals surface area contributed by atoms with Gasteiger partial charge in [0.25, 0.3) is 0 Å². The summed E-state index contributed by atoms with van der Waals surface area (Å²) in [7, 11) is 1.35. The van der Waals surface area contributed by atoms with Crippen LogP contribution in [0.5, 0.6) is 11.5 Å². The third-order valence-corrected chi connectivity index (χ3v) is 4.95. The smallest absolute Gasteiger partial charge is 0.416 e. The van der Waals surface area contributed by atoms with Gasteiger partial charge in [0, 0.05) is 11.6 Å². The molecule has 3 rings (SSSR count). The minimum Gasteiger partial charge on any atom is -0.493 e. The van der Waals surface area contributed by atoms with E-state index >= 15 is 0 Å². The lowest BCUT2D eigenvalue weighted by Gasteiger charge is -2.13. The molecule has 0 atom stereocenters. The summed E-state index contributed by atoms with van der Waals surface area (Å²) in [5, 5.41) is 15.6. The Labute approximate surface area is 194 Å². The zero-order valence-corrected chi connectivity index (χ0v) is 18.6. The molecule has 0 fully saturated rings. The van der Waals surface area contributed by atoms with Gasteiger partial charge in [-0.2, -0.15) is 18.3 Å². The Hall–Kier alpha value is -4.08. The average molecular weight is 473 g/mol. The molecule has 0 unspecified atom stereocenters. The van der Waals surface area contributed by atoms with Crippen LogP contribution in [0.25, 0.3) is 0 Å². The van der Waals surface area contributed by atoms with Crippen LogP contribution in [-0.2, 0) is 12.8 Å². The van der Waals surface area contributed by atoms with E-state index in [2.05, 4.69) is 10.5 Å². The first-order valence-electron chi connectivity index (χ1n) is 10.1. The molecule has 178 valence electrons. The summed E-state index contributed by atoms with van der Waals surface area (Å²) in [5.41, 5.74) is 4.64. The summed E-state index contributed by atoms with van der Waals surface area (Å²) in [4.78, 5) is 11.1. The molecule has 0 bridgehead atoms. The number of rotatable bonds is 8. The first-order valence-corrected chi connectivity index (χ1v) is 10.1. The van der Waals surface area contributed by atoms with Gasteiger partial charge in [-0.05, 0) is 49.2 Å². The summed E-state index contributed by atoms with van der Waals surface area (Å²) >= 11 is 0. The van der Waals surface area contributed by atoms with Crippen molar-refractivity contribution >= 4 is 17.6 Å². The average Bonchev–Trinajstić information content (AvgIpc) is 2.79. The van der Waals surface area contributed by atoms with E-state index in [0.717, 1.165) is 28.8 Å². The number of hydrogen-bond acceptors (Lipinski definition) is 6. The van der Waals surface area contributed by atoms with Crippen LogP contribution in [0, 0.1) is 24.0 Å². The number of halogens is 3. The molecule has 3 aromatic rings. The van der Waals surface area contributed by atoms with E-state index in [4.69, 9.17) is 9.47 Å². The number of methoxy groups -OCH3 is 1. The van der Waals surface area contributed by atoms with Gasteiger partial charge in [-0.25, -0.2) is 0 Å². The van der Waals surface area contributed by atoms with E-state index in [0.29, 0.717) is 5.56 Å². The number of alkyl halides is 3. The maximum Gasteiger partial charge on any atom is 0.416 e. The minimum atomic E-state index is -4.48. The van der Waals surface area contributed by atoms with Gasteiger partial charge in [-0.15, -0.1) is 0 Å². The van der Waals surface area contributed by atoms with Gasteiger partial charge < -0.3 is 9.47 Å². The van der Waals surface area contributed by atoms with Crippen molar-refractivity contribution in [3.8, 4) is 11.5 Å². The molecule has 0 aliphatic rings. The van der Waals surface area contributed by atoms with Gasteiger partial charge in [-0.3, -0.25) is 15.5 Å². The summed E-state index contributed by atoms with van der Waals surface area (Å²) in [5.74, 6) is 0.0939. The van der Waals surface area contributed by atoms with Crippen LogP contribution < -0.4 is 14.9 Å². The molecule has 1 N–H and O–H groups in total. The molecule has 0 radical (unpaired) electrons.